The van der Waals surface area contributed by atoms with E-state index in [0.717, 1.165) is 11.8 Å². The van der Waals surface area contributed by atoms with Crippen molar-refractivity contribution in [3.05, 3.63) is 53.1 Å². The Labute approximate surface area is 109 Å². The van der Waals surface area contributed by atoms with Crippen molar-refractivity contribution in [3.63, 3.8) is 0 Å². The molecular formula is C15H10O4. The van der Waals surface area contributed by atoms with Crippen LogP contribution in [0.15, 0.2) is 36.4 Å². The molecule has 0 aliphatic heterocycles. The van der Waals surface area contributed by atoms with Crippen LogP contribution < -0.4 is 0 Å². The molecule has 0 spiro atoms. The SMILES string of the molecule is O=Cc1ccc(-c2cc(C=O)c(O)c(C=O)c2)cc1. The Morgan fingerprint density at radius 2 is 1.26 bits per heavy atom. The van der Waals surface area contributed by atoms with Gasteiger partial charge in [-0.2, -0.15) is 0 Å². The van der Waals surface area contributed by atoms with Gasteiger partial charge in [0.2, 0.25) is 0 Å². The minimum absolute atomic E-state index is 0.0547. The zero-order chi connectivity index (χ0) is 13.8. The van der Waals surface area contributed by atoms with E-state index in [1.807, 2.05) is 0 Å². The minimum Gasteiger partial charge on any atom is -0.506 e. The molecule has 94 valence electrons. The molecule has 0 aromatic heterocycles. The van der Waals surface area contributed by atoms with Crippen LogP contribution >= 0.6 is 0 Å². The van der Waals surface area contributed by atoms with E-state index in [1.165, 1.54) is 12.1 Å². The largest absolute Gasteiger partial charge is 0.506 e. The van der Waals surface area contributed by atoms with Crippen LogP contribution in [0.2, 0.25) is 0 Å². The number of benzene rings is 2. The van der Waals surface area contributed by atoms with Crippen molar-refractivity contribution in [2.45, 2.75) is 0 Å². The first-order chi connectivity index (χ1) is 9.19. The maximum absolute atomic E-state index is 10.9. The number of rotatable bonds is 4. The number of hydrogen-bond acceptors (Lipinski definition) is 4. The highest BCUT2D eigenvalue weighted by Crippen LogP contribution is 2.28. The van der Waals surface area contributed by atoms with Gasteiger partial charge < -0.3 is 5.11 Å². The summed E-state index contributed by atoms with van der Waals surface area (Å²) in [5.41, 5.74) is 2.02. The molecular weight excluding hydrogens is 244 g/mol. The van der Waals surface area contributed by atoms with Crippen LogP contribution in [0.1, 0.15) is 31.1 Å². The molecule has 0 saturated heterocycles. The molecule has 0 amide bonds. The lowest BCUT2D eigenvalue weighted by atomic mass is 9.99. The summed E-state index contributed by atoms with van der Waals surface area (Å²) < 4.78 is 0. The van der Waals surface area contributed by atoms with Crippen LogP contribution in [0.5, 0.6) is 5.75 Å². The fraction of sp³-hybridized carbons (Fsp3) is 0. The molecule has 0 heterocycles. The molecule has 4 nitrogen and oxygen atoms in total. The smallest absolute Gasteiger partial charge is 0.153 e. The van der Waals surface area contributed by atoms with Crippen molar-refractivity contribution in [1.82, 2.24) is 0 Å². The predicted molar refractivity (Wildman–Crippen MR) is 69.7 cm³/mol. The van der Waals surface area contributed by atoms with Crippen molar-refractivity contribution >= 4 is 18.9 Å². The second kappa shape index (κ2) is 5.27. The first-order valence-corrected chi connectivity index (χ1v) is 5.52. The van der Waals surface area contributed by atoms with Crippen molar-refractivity contribution in [2.24, 2.45) is 0 Å². The number of aldehydes is 3. The number of aromatic hydroxyl groups is 1. The monoisotopic (exact) mass is 254 g/mol. The van der Waals surface area contributed by atoms with Crippen molar-refractivity contribution in [3.8, 4) is 16.9 Å². The average Bonchev–Trinajstić information content (AvgIpc) is 2.47. The van der Waals surface area contributed by atoms with Gasteiger partial charge in [-0.05, 0) is 23.3 Å². The molecule has 0 bridgehead atoms. The van der Waals surface area contributed by atoms with Crippen molar-refractivity contribution in [2.75, 3.05) is 0 Å². The van der Waals surface area contributed by atoms with Crippen LogP contribution in [0, 0.1) is 0 Å². The Morgan fingerprint density at radius 1 is 0.737 bits per heavy atom. The summed E-state index contributed by atoms with van der Waals surface area (Å²) in [6.07, 6.45) is 1.71. The Hall–Kier alpha value is -2.75. The molecule has 0 radical (unpaired) electrons. The second-order valence-corrected chi connectivity index (χ2v) is 3.98. The van der Waals surface area contributed by atoms with Gasteiger partial charge in [-0.1, -0.05) is 24.3 Å². The molecule has 2 aromatic carbocycles. The highest BCUT2D eigenvalue weighted by Gasteiger charge is 2.10. The zero-order valence-electron chi connectivity index (χ0n) is 9.87. The van der Waals surface area contributed by atoms with E-state index >= 15 is 0 Å². The van der Waals surface area contributed by atoms with Crippen molar-refractivity contribution < 1.29 is 19.5 Å². The summed E-state index contributed by atoms with van der Waals surface area (Å²) >= 11 is 0. The normalized spacial score (nSPS) is 9.89. The lowest BCUT2D eigenvalue weighted by molar-refractivity contribution is 0.111. The maximum Gasteiger partial charge on any atom is 0.153 e. The van der Waals surface area contributed by atoms with Gasteiger partial charge in [-0.3, -0.25) is 14.4 Å². The van der Waals surface area contributed by atoms with Crippen LogP contribution in [0.3, 0.4) is 0 Å². The van der Waals surface area contributed by atoms with Crippen molar-refractivity contribution in [1.29, 1.82) is 0 Å². The molecule has 0 atom stereocenters. The first-order valence-electron chi connectivity index (χ1n) is 5.52. The summed E-state index contributed by atoms with van der Waals surface area (Å²) in [5, 5.41) is 9.63. The highest BCUT2D eigenvalue weighted by molar-refractivity contribution is 5.91. The third kappa shape index (κ3) is 2.42. The molecule has 1 N–H and O–H groups in total. The Balaban J connectivity index is 2.57. The summed E-state index contributed by atoms with van der Waals surface area (Å²) in [6, 6.07) is 9.67. The van der Waals surface area contributed by atoms with E-state index < -0.39 is 0 Å². The highest BCUT2D eigenvalue weighted by atomic mass is 16.3. The molecule has 19 heavy (non-hydrogen) atoms. The number of carbonyl (C=O) groups is 3. The average molecular weight is 254 g/mol. The van der Waals surface area contributed by atoms with E-state index in [-0.39, 0.29) is 16.9 Å². The van der Waals surface area contributed by atoms with E-state index in [9.17, 15) is 19.5 Å². The third-order valence-corrected chi connectivity index (χ3v) is 2.80. The van der Waals surface area contributed by atoms with Crippen LogP contribution in [-0.2, 0) is 0 Å². The van der Waals surface area contributed by atoms with E-state index in [2.05, 4.69) is 0 Å². The Bertz CT molecular complexity index is 613. The lowest BCUT2D eigenvalue weighted by Gasteiger charge is -2.07. The number of phenols is 1. The van der Waals surface area contributed by atoms with Gasteiger partial charge in [-0.25, -0.2) is 0 Å². The van der Waals surface area contributed by atoms with Gasteiger partial charge in [0.05, 0.1) is 11.1 Å². The topological polar surface area (TPSA) is 71.4 Å². The summed E-state index contributed by atoms with van der Waals surface area (Å²) in [6.45, 7) is 0. The van der Waals surface area contributed by atoms with E-state index in [1.54, 1.807) is 24.3 Å². The maximum atomic E-state index is 10.9. The van der Waals surface area contributed by atoms with Crippen LogP contribution in [0.25, 0.3) is 11.1 Å². The van der Waals surface area contributed by atoms with E-state index in [4.69, 9.17) is 0 Å². The molecule has 0 aliphatic carbocycles. The number of hydrogen-bond donors (Lipinski definition) is 1. The summed E-state index contributed by atoms with van der Waals surface area (Å²) in [5.74, 6) is -0.321. The summed E-state index contributed by atoms with van der Waals surface area (Å²) in [7, 11) is 0. The van der Waals surface area contributed by atoms with Gasteiger partial charge in [-0.15, -0.1) is 0 Å². The van der Waals surface area contributed by atoms with Crippen LogP contribution in [0.4, 0.5) is 0 Å². The predicted octanol–water partition coefficient (Wildman–Crippen LogP) is 2.50. The molecule has 0 unspecified atom stereocenters. The fourth-order valence-electron chi connectivity index (χ4n) is 1.78. The fourth-order valence-corrected chi connectivity index (χ4v) is 1.78. The molecule has 0 saturated carbocycles. The van der Waals surface area contributed by atoms with Gasteiger partial charge in [0, 0.05) is 5.56 Å². The van der Waals surface area contributed by atoms with Gasteiger partial charge >= 0.3 is 0 Å². The molecule has 2 aromatic rings. The Kier molecular flexibility index (Phi) is 3.52. The first kappa shape index (κ1) is 12.7. The quantitative estimate of drug-likeness (QED) is 0.851. The standard InChI is InChI=1S/C15H10O4/c16-7-10-1-3-11(4-2-10)12-5-13(8-17)15(19)14(6-12)9-18/h1-9,19H. The van der Waals surface area contributed by atoms with Gasteiger partial charge in [0.1, 0.15) is 12.0 Å². The second-order valence-electron chi connectivity index (χ2n) is 3.98. The Morgan fingerprint density at radius 3 is 1.68 bits per heavy atom. The van der Waals surface area contributed by atoms with E-state index in [0.29, 0.717) is 23.7 Å². The summed E-state index contributed by atoms with van der Waals surface area (Å²) in [4.78, 5) is 32.3. The lowest BCUT2D eigenvalue weighted by Crippen LogP contribution is -1.91. The van der Waals surface area contributed by atoms with Gasteiger partial charge in [0.25, 0.3) is 0 Å². The molecule has 4 heteroatoms. The zero-order valence-corrected chi connectivity index (χ0v) is 9.87. The molecule has 0 aliphatic rings. The molecule has 0 fully saturated rings. The van der Waals surface area contributed by atoms with Crippen LogP contribution in [-0.4, -0.2) is 24.0 Å². The number of phenolic OH excluding ortho intramolecular Hbond substituents is 1. The molecule has 2 rings (SSSR count). The minimum atomic E-state index is -0.321. The number of carbonyl (C=O) groups excluding carboxylic acids is 3. The third-order valence-electron chi connectivity index (χ3n) is 2.80. The van der Waals surface area contributed by atoms with Gasteiger partial charge in [0.15, 0.2) is 12.6 Å².